The van der Waals surface area contributed by atoms with Crippen LogP contribution in [0, 0.1) is 11.8 Å². The minimum atomic E-state index is -4.73. The van der Waals surface area contributed by atoms with Crippen LogP contribution in [0.5, 0.6) is 0 Å². The van der Waals surface area contributed by atoms with Gasteiger partial charge < -0.3 is 9.90 Å². The van der Waals surface area contributed by atoms with Gasteiger partial charge in [0.2, 0.25) is 0 Å². The van der Waals surface area contributed by atoms with E-state index in [0.717, 1.165) is 10.9 Å². The molecule has 1 heterocycles. The minimum Gasteiger partial charge on any atom is -0.537 e. The number of carboxylic acids is 1. The predicted molar refractivity (Wildman–Crippen MR) is 60.5 cm³/mol. The Balaban J connectivity index is 2.54. The molecule has 0 N–H and O–H groups in total. The highest BCUT2D eigenvalue weighted by Gasteiger charge is 2.37. The van der Waals surface area contributed by atoms with Crippen LogP contribution in [-0.4, -0.2) is 15.7 Å². The molecule has 0 atom stereocenters. The van der Waals surface area contributed by atoms with E-state index in [9.17, 15) is 23.1 Å². The lowest BCUT2D eigenvalue weighted by molar-refractivity contribution is -0.295. The predicted octanol–water partition coefficient (Wildman–Crippen LogP) is 0.992. The van der Waals surface area contributed by atoms with E-state index in [0.29, 0.717) is 5.69 Å². The Morgan fingerprint density at radius 1 is 1.25 bits per heavy atom. The van der Waals surface area contributed by atoms with Gasteiger partial charge in [0.1, 0.15) is 5.97 Å². The largest absolute Gasteiger partial charge is 0.537 e. The second kappa shape index (κ2) is 5.09. The number of aliphatic carboxylic acids is 1. The summed E-state index contributed by atoms with van der Waals surface area (Å²) in [6.45, 7) is 0. The van der Waals surface area contributed by atoms with Gasteiger partial charge in [-0.25, -0.2) is 4.68 Å². The summed E-state index contributed by atoms with van der Waals surface area (Å²) in [6, 6.07) is 8.09. The number of carbonyl (C=O) groups excluding carboxylic acids is 1. The van der Waals surface area contributed by atoms with E-state index < -0.39 is 23.4 Å². The van der Waals surface area contributed by atoms with Crippen molar-refractivity contribution in [2.24, 2.45) is 0 Å². The van der Waals surface area contributed by atoms with Gasteiger partial charge in [-0.05, 0) is 18.1 Å². The number of para-hydroxylation sites is 1. The number of alkyl halides is 3. The Morgan fingerprint density at radius 3 is 2.45 bits per heavy atom. The summed E-state index contributed by atoms with van der Waals surface area (Å²) in [6.07, 6.45) is -3.70. The van der Waals surface area contributed by atoms with Crippen molar-refractivity contribution in [2.45, 2.75) is 6.18 Å². The Labute approximate surface area is 111 Å². The normalized spacial score (nSPS) is 10.8. The second-order valence-corrected chi connectivity index (χ2v) is 3.71. The molecular weight excluding hydrogens is 273 g/mol. The highest BCUT2D eigenvalue weighted by atomic mass is 19.4. The van der Waals surface area contributed by atoms with Gasteiger partial charge in [-0.1, -0.05) is 24.1 Å². The van der Waals surface area contributed by atoms with Crippen molar-refractivity contribution in [3.8, 4) is 17.5 Å². The van der Waals surface area contributed by atoms with Crippen LogP contribution in [0.1, 0.15) is 11.3 Å². The minimum absolute atomic E-state index is 0.402. The van der Waals surface area contributed by atoms with Crippen molar-refractivity contribution >= 4 is 5.97 Å². The van der Waals surface area contributed by atoms with Crippen LogP contribution in [0.3, 0.4) is 0 Å². The molecule has 0 fully saturated rings. The summed E-state index contributed by atoms with van der Waals surface area (Å²) in [5.74, 6) is 1.68. The first kappa shape index (κ1) is 13.7. The molecule has 102 valence electrons. The number of hydrogen-bond acceptors (Lipinski definition) is 3. The molecule has 1 aromatic carbocycles. The van der Waals surface area contributed by atoms with Crippen LogP contribution in [0.4, 0.5) is 13.2 Å². The lowest BCUT2D eigenvalue weighted by Gasteiger charge is -2.02. The Hall–Kier alpha value is -2.75. The van der Waals surface area contributed by atoms with Gasteiger partial charge >= 0.3 is 6.18 Å². The van der Waals surface area contributed by atoms with E-state index in [2.05, 4.69) is 5.10 Å². The topological polar surface area (TPSA) is 57.9 Å². The molecular formula is C13H6F3N2O2-. The van der Waals surface area contributed by atoms with Crippen molar-refractivity contribution in [1.82, 2.24) is 9.78 Å². The van der Waals surface area contributed by atoms with E-state index in [4.69, 9.17) is 0 Å². The van der Waals surface area contributed by atoms with E-state index in [-0.39, 0.29) is 0 Å². The number of carboxylic acid groups (broad SMARTS) is 1. The maximum absolute atomic E-state index is 12.8. The maximum atomic E-state index is 12.8. The Morgan fingerprint density at radius 2 is 1.90 bits per heavy atom. The van der Waals surface area contributed by atoms with Crippen LogP contribution < -0.4 is 5.11 Å². The third-order valence-electron chi connectivity index (χ3n) is 2.30. The molecule has 0 aliphatic heterocycles. The fraction of sp³-hybridized carbons (Fsp3) is 0.0769. The molecule has 2 aromatic rings. The first-order valence-corrected chi connectivity index (χ1v) is 5.33. The van der Waals surface area contributed by atoms with Gasteiger partial charge in [0.05, 0.1) is 11.3 Å². The summed E-state index contributed by atoms with van der Waals surface area (Å²) >= 11 is 0. The SMILES string of the molecule is O=C([O-])C#Cc1cn(-c2ccccc2)nc1C(F)(F)F. The third-order valence-corrected chi connectivity index (χ3v) is 2.30. The first-order valence-electron chi connectivity index (χ1n) is 5.33. The Bertz CT molecular complexity index is 694. The first-order chi connectivity index (χ1) is 9.38. The summed E-state index contributed by atoms with van der Waals surface area (Å²) in [7, 11) is 0. The fourth-order valence-electron chi connectivity index (χ4n) is 1.51. The third kappa shape index (κ3) is 2.98. The van der Waals surface area contributed by atoms with Gasteiger partial charge in [0.25, 0.3) is 0 Å². The average Bonchev–Trinajstić information content (AvgIpc) is 2.81. The van der Waals surface area contributed by atoms with Gasteiger partial charge in [-0.2, -0.15) is 18.3 Å². The number of halogens is 3. The van der Waals surface area contributed by atoms with E-state index in [1.807, 2.05) is 5.92 Å². The van der Waals surface area contributed by atoms with Gasteiger partial charge in [0, 0.05) is 6.20 Å². The zero-order valence-electron chi connectivity index (χ0n) is 9.81. The van der Waals surface area contributed by atoms with Crippen molar-refractivity contribution < 1.29 is 23.1 Å². The summed E-state index contributed by atoms with van der Waals surface area (Å²) in [5, 5.41) is 13.6. The zero-order valence-corrected chi connectivity index (χ0v) is 9.81. The highest BCUT2D eigenvalue weighted by molar-refractivity contribution is 5.85. The van der Waals surface area contributed by atoms with Gasteiger partial charge in [0.15, 0.2) is 5.69 Å². The summed E-state index contributed by atoms with van der Waals surface area (Å²) in [4.78, 5) is 10.2. The smallest absolute Gasteiger partial charge is 0.436 e. The molecule has 0 radical (unpaired) electrons. The lowest BCUT2D eigenvalue weighted by Crippen LogP contribution is -2.19. The number of hydrogen-bond donors (Lipinski definition) is 0. The van der Waals surface area contributed by atoms with Crippen molar-refractivity contribution in [3.05, 3.63) is 47.8 Å². The maximum Gasteiger partial charge on any atom is 0.436 e. The molecule has 1 aromatic heterocycles. The molecule has 0 aliphatic rings. The number of benzene rings is 1. The van der Waals surface area contributed by atoms with E-state index in [1.165, 1.54) is 0 Å². The molecule has 7 heteroatoms. The van der Waals surface area contributed by atoms with Crippen LogP contribution in [0.2, 0.25) is 0 Å². The standard InChI is InChI=1S/C13H7F3N2O2/c14-13(15,16)12-9(6-7-11(19)20)8-18(17-12)10-4-2-1-3-5-10/h1-5,8H,(H,19,20)/p-1. The molecule has 0 aliphatic carbocycles. The molecule has 0 saturated heterocycles. The second-order valence-electron chi connectivity index (χ2n) is 3.71. The van der Waals surface area contributed by atoms with Gasteiger partial charge in [-0.15, -0.1) is 0 Å². The quantitative estimate of drug-likeness (QED) is 0.731. The zero-order chi connectivity index (χ0) is 14.8. The summed E-state index contributed by atoms with van der Waals surface area (Å²) < 4.78 is 39.4. The number of aromatic nitrogens is 2. The molecule has 0 amide bonds. The molecule has 0 saturated carbocycles. The average molecular weight is 279 g/mol. The van der Waals surface area contributed by atoms with Crippen LogP contribution in [0.25, 0.3) is 5.69 Å². The highest BCUT2D eigenvalue weighted by Crippen LogP contribution is 2.30. The fourth-order valence-corrected chi connectivity index (χ4v) is 1.51. The van der Waals surface area contributed by atoms with Crippen molar-refractivity contribution in [2.75, 3.05) is 0 Å². The number of carbonyl (C=O) groups is 1. The molecule has 0 unspecified atom stereocenters. The van der Waals surface area contributed by atoms with Crippen LogP contribution >= 0.6 is 0 Å². The number of rotatable bonds is 1. The van der Waals surface area contributed by atoms with Crippen molar-refractivity contribution in [3.63, 3.8) is 0 Å². The Kier molecular flexibility index (Phi) is 3.48. The van der Waals surface area contributed by atoms with Crippen LogP contribution in [0.15, 0.2) is 36.5 Å². The van der Waals surface area contributed by atoms with Crippen molar-refractivity contribution in [1.29, 1.82) is 0 Å². The molecule has 0 bridgehead atoms. The molecule has 2 rings (SSSR count). The van der Waals surface area contributed by atoms with E-state index in [1.54, 1.807) is 36.3 Å². The molecule has 0 spiro atoms. The summed E-state index contributed by atoms with van der Waals surface area (Å²) in [5.41, 5.74) is -1.36. The molecule has 4 nitrogen and oxygen atoms in total. The number of nitrogens with zero attached hydrogens (tertiary/aromatic N) is 2. The van der Waals surface area contributed by atoms with Crippen LogP contribution in [-0.2, 0) is 11.0 Å². The lowest BCUT2D eigenvalue weighted by atomic mass is 10.2. The molecule has 20 heavy (non-hydrogen) atoms. The van der Waals surface area contributed by atoms with Gasteiger partial charge in [-0.3, -0.25) is 0 Å². The van der Waals surface area contributed by atoms with E-state index >= 15 is 0 Å². The monoisotopic (exact) mass is 279 g/mol.